The zero-order valence-corrected chi connectivity index (χ0v) is 16.4. The standard InChI is InChI=1S/C21H29N5O2/c1-16-4-2-3-5-19(16)23-21(27)24-20-6-11-22-26(20)18-7-12-25(13-8-18)17-9-14-28-15-10-17/h2-6,11,17-18H,7-10,12-15H2,1H3,(H2,23,24,27). The summed E-state index contributed by atoms with van der Waals surface area (Å²) in [4.78, 5) is 15.0. The van der Waals surface area contributed by atoms with Crippen molar-refractivity contribution in [1.29, 1.82) is 0 Å². The molecule has 7 heteroatoms. The van der Waals surface area contributed by atoms with Gasteiger partial charge in [0.1, 0.15) is 5.82 Å². The number of aromatic nitrogens is 2. The van der Waals surface area contributed by atoms with Crippen molar-refractivity contribution in [1.82, 2.24) is 14.7 Å². The van der Waals surface area contributed by atoms with E-state index in [2.05, 4.69) is 20.6 Å². The molecular weight excluding hydrogens is 354 g/mol. The maximum absolute atomic E-state index is 12.4. The van der Waals surface area contributed by atoms with Crippen molar-refractivity contribution in [3.05, 3.63) is 42.1 Å². The average Bonchev–Trinajstić information content (AvgIpc) is 3.18. The molecule has 0 aliphatic carbocycles. The van der Waals surface area contributed by atoms with Gasteiger partial charge in [-0.1, -0.05) is 18.2 Å². The van der Waals surface area contributed by atoms with E-state index in [1.54, 1.807) is 6.20 Å². The number of carbonyl (C=O) groups is 1. The Morgan fingerprint density at radius 3 is 2.54 bits per heavy atom. The van der Waals surface area contributed by atoms with Gasteiger partial charge in [0.2, 0.25) is 0 Å². The number of piperidine rings is 1. The van der Waals surface area contributed by atoms with E-state index in [0.717, 1.165) is 69.1 Å². The molecule has 28 heavy (non-hydrogen) atoms. The van der Waals surface area contributed by atoms with Gasteiger partial charge in [0.25, 0.3) is 0 Å². The molecule has 2 aliphatic heterocycles. The van der Waals surface area contributed by atoms with Gasteiger partial charge in [0, 0.05) is 44.1 Å². The van der Waals surface area contributed by atoms with Crippen molar-refractivity contribution >= 4 is 17.5 Å². The van der Waals surface area contributed by atoms with Crippen molar-refractivity contribution in [2.75, 3.05) is 36.9 Å². The van der Waals surface area contributed by atoms with Gasteiger partial charge in [-0.25, -0.2) is 9.48 Å². The van der Waals surface area contributed by atoms with Crippen LogP contribution in [0.2, 0.25) is 0 Å². The van der Waals surface area contributed by atoms with E-state index >= 15 is 0 Å². The van der Waals surface area contributed by atoms with Gasteiger partial charge in [0.05, 0.1) is 12.2 Å². The monoisotopic (exact) mass is 383 g/mol. The number of para-hydroxylation sites is 1. The summed E-state index contributed by atoms with van der Waals surface area (Å²) in [5, 5.41) is 10.4. The van der Waals surface area contributed by atoms with Gasteiger partial charge in [-0.2, -0.15) is 5.10 Å². The fraction of sp³-hybridized carbons (Fsp3) is 0.524. The molecule has 150 valence electrons. The van der Waals surface area contributed by atoms with E-state index in [0.29, 0.717) is 12.1 Å². The molecule has 2 aromatic rings. The van der Waals surface area contributed by atoms with Gasteiger partial charge in [0.15, 0.2) is 0 Å². The van der Waals surface area contributed by atoms with Crippen molar-refractivity contribution in [3.8, 4) is 0 Å². The minimum atomic E-state index is -0.240. The maximum Gasteiger partial charge on any atom is 0.324 e. The minimum absolute atomic E-state index is 0.240. The van der Waals surface area contributed by atoms with Crippen LogP contribution in [-0.4, -0.2) is 53.1 Å². The zero-order valence-electron chi connectivity index (χ0n) is 16.4. The fourth-order valence-electron chi connectivity index (χ4n) is 4.23. The molecule has 2 saturated heterocycles. The van der Waals surface area contributed by atoms with E-state index in [-0.39, 0.29) is 6.03 Å². The number of nitrogens with one attached hydrogen (secondary N) is 2. The van der Waals surface area contributed by atoms with Crippen LogP contribution < -0.4 is 10.6 Å². The SMILES string of the molecule is Cc1ccccc1NC(=O)Nc1ccnn1C1CCN(C2CCOCC2)CC1. The molecule has 1 aromatic carbocycles. The first kappa shape index (κ1) is 19.0. The van der Waals surface area contributed by atoms with Crippen LogP contribution in [0.5, 0.6) is 0 Å². The molecule has 0 saturated carbocycles. The second-order valence-corrected chi connectivity index (χ2v) is 7.67. The Hall–Kier alpha value is -2.38. The predicted octanol–water partition coefficient (Wildman–Crippen LogP) is 3.65. The smallest absolute Gasteiger partial charge is 0.324 e. The number of urea groups is 1. The molecule has 0 bridgehead atoms. The van der Waals surface area contributed by atoms with Crippen molar-refractivity contribution in [2.24, 2.45) is 0 Å². The van der Waals surface area contributed by atoms with Crippen molar-refractivity contribution in [2.45, 2.75) is 44.7 Å². The van der Waals surface area contributed by atoms with Gasteiger partial charge >= 0.3 is 6.03 Å². The number of hydrogen-bond donors (Lipinski definition) is 2. The number of aryl methyl sites for hydroxylation is 1. The third-order valence-corrected chi connectivity index (χ3v) is 5.86. The largest absolute Gasteiger partial charge is 0.381 e. The molecule has 2 N–H and O–H groups in total. The lowest BCUT2D eigenvalue weighted by molar-refractivity contribution is 0.0214. The first-order chi connectivity index (χ1) is 13.7. The number of nitrogens with zero attached hydrogens (tertiary/aromatic N) is 3. The van der Waals surface area contributed by atoms with Gasteiger partial charge in [-0.15, -0.1) is 0 Å². The third kappa shape index (κ3) is 4.36. The quantitative estimate of drug-likeness (QED) is 0.845. The summed E-state index contributed by atoms with van der Waals surface area (Å²) in [7, 11) is 0. The summed E-state index contributed by atoms with van der Waals surface area (Å²) in [6.07, 6.45) is 6.13. The number of likely N-dealkylation sites (tertiary alicyclic amines) is 1. The van der Waals surface area contributed by atoms with Crippen molar-refractivity contribution in [3.63, 3.8) is 0 Å². The van der Waals surface area contributed by atoms with Gasteiger partial charge in [-0.05, 0) is 44.2 Å². The molecule has 2 amide bonds. The predicted molar refractivity (Wildman–Crippen MR) is 110 cm³/mol. The summed E-state index contributed by atoms with van der Waals surface area (Å²) < 4.78 is 7.46. The Kier molecular flexibility index (Phi) is 5.92. The number of anilines is 2. The highest BCUT2D eigenvalue weighted by Crippen LogP contribution is 2.28. The highest BCUT2D eigenvalue weighted by Gasteiger charge is 2.28. The molecule has 4 rings (SSSR count). The molecule has 2 aliphatic rings. The maximum atomic E-state index is 12.4. The minimum Gasteiger partial charge on any atom is -0.381 e. The summed E-state index contributed by atoms with van der Waals surface area (Å²) in [6, 6.07) is 10.4. The lowest BCUT2D eigenvalue weighted by Crippen LogP contribution is -2.44. The van der Waals surface area contributed by atoms with Crippen LogP contribution in [0.15, 0.2) is 36.5 Å². The number of ether oxygens (including phenoxy) is 1. The van der Waals surface area contributed by atoms with Crippen molar-refractivity contribution < 1.29 is 9.53 Å². The zero-order chi connectivity index (χ0) is 19.3. The number of rotatable bonds is 4. The number of carbonyl (C=O) groups excluding carboxylic acids is 1. The third-order valence-electron chi connectivity index (χ3n) is 5.86. The van der Waals surface area contributed by atoms with Crippen LogP contribution >= 0.6 is 0 Å². The molecule has 7 nitrogen and oxygen atoms in total. The van der Waals surface area contributed by atoms with Crippen LogP contribution in [-0.2, 0) is 4.74 Å². The molecule has 0 spiro atoms. The topological polar surface area (TPSA) is 71.4 Å². The van der Waals surface area contributed by atoms with E-state index in [1.165, 1.54) is 0 Å². The molecule has 3 heterocycles. The lowest BCUT2D eigenvalue weighted by Gasteiger charge is -2.39. The first-order valence-corrected chi connectivity index (χ1v) is 10.2. The second kappa shape index (κ2) is 8.75. The van der Waals surface area contributed by atoms with Crippen LogP contribution in [0.4, 0.5) is 16.3 Å². The Labute approximate surface area is 166 Å². The first-order valence-electron chi connectivity index (χ1n) is 10.2. The lowest BCUT2D eigenvalue weighted by atomic mass is 10.00. The Bertz CT molecular complexity index is 792. The summed E-state index contributed by atoms with van der Waals surface area (Å²) in [5.41, 5.74) is 1.85. The molecule has 1 aromatic heterocycles. The molecule has 0 unspecified atom stereocenters. The average molecular weight is 383 g/mol. The van der Waals surface area contributed by atoms with Crippen LogP contribution in [0.3, 0.4) is 0 Å². The summed E-state index contributed by atoms with van der Waals surface area (Å²) in [6.45, 7) is 5.89. The molecule has 2 fully saturated rings. The molecule has 0 atom stereocenters. The highest BCUT2D eigenvalue weighted by atomic mass is 16.5. The normalized spacial score (nSPS) is 19.5. The summed E-state index contributed by atoms with van der Waals surface area (Å²) >= 11 is 0. The van der Waals surface area contributed by atoms with Crippen LogP contribution in [0.1, 0.15) is 37.3 Å². The second-order valence-electron chi connectivity index (χ2n) is 7.67. The summed E-state index contributed by atoms with van der Waals surface area (Å²) in [5.74, 6) is 0.746. The Morgan fingerprint density at radius 1 is 1.04 bits per heavy atom. The van der Waals surface area contributed by atoms with E-state index in [1.807, 2.05) is 41.9 Å². The number of hydrogen-bond acceptors (Lipinski definition) is 4. The number of benzene rings is 1. The van der Waals surface area contributed by atoms with Gasteiger partial charge in [-0.3, -0.25) is 5.32 Å². The Balaban J connectivity index is 1.34. The highest BCUT2D eigenvalue weighted by molar-refractivity contribution is 5.99. The number of amides is 2. The Morgan fingerprint density at radius 2 is 1.79 bits per heavy atom. The van der Waals surface area contributed by atoms with E-state index in [9.17, 15) is 4.79 Å². The van der Waals surface area contributed by atoms with Crippen LogP contribution in [0, 0.1) is 6.92 Å². The van der Waals surface area contributed by atoms with E-state index < -0.39 is 0 Å². The molecule has 0 radical (unpaired) electrons. The fourth-order valence-corrected chi connectivity index (χ4v) is 4.23. The molecular formula is C21H29N5O2. The van der Waals surface area contributed by atoms with Gasteiger partial charge < -0.3 is 15.0 Å². The van der Waals surface area contributed by atoms with E-state index in [4.69, 9.17) is 4.74 Å². The van der Waals surface area contributed by atoms with Crippen LogP contribution in [0.25, 0.3) is 0 Å².